The number of benzene rings is 1. The number of likely N-dealkylation sites (N-methyl/N-ethyl adjacent to an activating group) is 1. The largest absolute Gasteiger partial charge is 0.492 e. The number of hydrogen-bond donors (Lipinski definition) is 3. The minimum Gasteiger partial charge on any atom is -0.492 e. The second-order valence-corrected chi connectivity index (χ2v) is 4.78. The summed E-state index contributed by atoms with van der Waals surface area (Å²) in [5.74, 6) is 2.09. The summed E-state index contributed by atoms with van der Waals surface area (Å²) >= 11 is 0. The third-order valence-corrected chi connectivity index (χ3v) is 3.21. The van der Waals surface area contributed by atoms with E-state index in [1.165, 1.54) is 11.4 Å². The maximum Gasteiger partial charge on any atom is 0.119 e. The fourth-order valence-corrected chi connectivity index (χ4v) is 2.20. The van der Waals surface area contributed by atoms with Crippen molar-refractivity contribution in [3.05, 3.63) is 41.7 Å². The third kappa shape index (κ3) is 4.15. The molecule has 4 N–H and O–H groups in total. The Balaban J connectivity index is 1.92. The summed E-state index contributed by atoms with van der Waals surface area (Å²) in [6.07, 6.45) is 2.19. The Hall–Kier alpha value is -1.72. The van der Waals surface area contributed by atoms with Crippen LogP contribution in [0, 0.1) is 0 Å². The van der Waals surface area contributed by atoms with E-state index in [0.717, 1.165) is 31.9 Å². The van der Waals surface area contributed by atoms with Gasteiger partial charge >= 0.3 is 0 Å². The van der Waals surface area contributed by atoms with Gasteiger partial charge in [-0.25, -0.2) is 0 Å². The molecule has 2 rings (SSSR count). The lowest BCUT2D eigenvalue weighted by Gasteiger charge is -2.19. The van der Waals surface area contributed by atoms with E-state index < -0.39 is 0 Å². The topological polar surface area (TPSA) is 62.5 Å². The van der Waals surface area contributed by atoms with Crippen molar-refractivity contribution in [3.8, 4) is 5.75 Å². The van der Waals surface area contributed by atoms with Crippen molar-refractivity contribution >= 4 is 0 Å². The molecule has 1 aromatic carbocycles. The summed E-state index contributed by atoms with van der Waals surface area (Å²) < 4.78 is 5.48. The quantitative estimate of drug-likeness (QED) is 0.676. The molecule has 1 fully saturated rings. The van der Waals surface area contributed by atoms with Crippen LogP contribution in [-0.2, 0) is 6.54 Å². The fraction of sp³-hybridized carbons (Fsp3) is 0.467. The lowest BCUT2D eigenvalue weighted by atomic mass is 10.2. The van der Waals surface area contributed by atoms with E-state index in [2.05, 4.69) is 33.7 Å². The van der Waals surface area contributed by atoms with Crippen molar-refractivity contribution in [2.45, 2.75) is 6.54 Å². The zero-order valence-corrected chi connectivity index (χ0v) is 12.1. The third-order valence-electron chi connectivity index (χ3n) is 3.21. The zero-order valence-electron chi connectivity index (χ0n) is 12.1. The minimum atomic E-state index is 0.542. The van der Waals surface area contributed by atoms with Crippen LogP contribution in [0.4, 0.5) is 0 Å². The van der Waals surface area contributed by atoms with Gasteiger partial charge in [-0.3, -0.25) is 0 Å². The molecule has 0 saturated carbocycles. The lowest BCUT2D eigenvalue weighted by Crippen LogP contribution is -2.21. The normalized spacial score (nSPS) is 16.5. The first-order chi connectivity index (χ1) is 9.83. The van der Waals surface area contributed by atoms with E-state index in [1.807, 2.05) is 19.2 Å². The Morgan fingerprint density at radius 1 is 1.40 bits per heavy atom. The molecule has 0 aromatic heterocycles. The first-order valence-corrected chi connectivity index (χ1v) is 7.09. The molecule has 1 aromatic rings. The Morgan fingerprint density at radius 3 is 2.90 bits per heavy atom. The van der Waals surface area contributed by atoms with Crippen molar-refractivity contribution in [3.63, 3.8) is 0 Å². The number of ether oxygens (including phenoxy) is 1. The second-order valence-electron chi connectivity index (χ2n) is 4.78. The van der Waals surface area contributed by atoms with E-state index in [0.29, 0.717) is 13.2 Å². The highest BCUT2D eigenvalue weighted by Crippen LogP contribution is 2.16. The zero-order chi connectivity index (χ0) is 14.2. The second kappa shape index (κ2) is 7.77. The molecular formula is C15H24N4O. The molecule has 5 heteroatoms. The van der Waals surface area contributed by atoms with E-state index in [-0.39, 0.29) is 0 Å². The van der Waals surface area contributed by atoms with Crippen molar-refractivity contribution in [2.24, 2.45) is 5.73 Å². The van der Waals surface area contributed by atoms with Crippen LogP contribution in [-0.4, -0.2) is 44.7 Å². The van der Waals surface area contributed by atoms with Crippen molar-refractivity contribution in [2.75, 3.05) is 39.8 Å². The monoisotopic (exact) mass is 276 g/mol. The summed E-state index contributed by atoms with van der Waals surface area (Å²) in [4.78, 5) is 2.35. The fourth-order valence-electron chi connectivity index (χ4n) is 2.20. The first-order valence-electron chi connectivity index (χ1n) is 7.09. The molecule has 0 atom stereocenters. The standard InChI is InChI=1S/C15H24N4O/c1-17-8-6-15-18-9-10-19(15)12-13-2-4-14(5-3-13)20-11-7-16/h2-6,17-18H,7-12,16H2,1H3/b15-6+. The summed E-state index contributed by atoms with van der Waals surface area (Å²) in [5.41, 5.74) is 6.70. The summed E-state index contributed by atoms with van der Waals surface area (Å²) in [7, 11) is 1.95. The average Bonchev–Trinajstić information content (AvgIpc) is 2.91. The van der Waals surface area contributed by atoms with Gasteiger partial charge in [0.15, 0.2) is 0 Å². The van der Waals surface area contributed by atoms with E-state index >= 15 is 0 Å². The Kier molecular flexibility index (Phi) is 5.70. The maximum atomic E-state index is 5.48. The lowest BCUT2D eigenvalue weighted by molar-refractivity contribution is 0.328. The highest BCUT2D eigenvalue weighted by atomic mass is 16.5. The Labute approximate surface area is 120 Å². The van der Waals surface area contributed by atoms with Crippen LogP contribution in [0.25, 0.3) is 0 Å². The van der Waals surface area contributed by atoms with E-state index in [4.69, 9.17) is 10.5 Å². The summed E-state index contributed by atoms with van der Waals surface area (Å²) in [5, 5.41) is 6.55. The molecule has 5 nitrogen and oxygen atoms in total. The predicted octanol–water partition coefficient (Wildman–Crippen LogP) is 0.490. The van der Waals surface area contributed by atoms with Gasteiger partial charge in [-0.05, 0) is 30.8 Å². The van der Waals surface area contributed by atoms with E-state index in [1.54, 1.807) is 0 Å². The number of nitrogens with zero attached hydrogens (tertiary/aromatic N) is 1. The van der Waals surface area contributed by atoms with Gasteiger partial charge in [0.25, 0.3) is 0 Å². The Morgan fingerprint density at radius 2 is 2.20 bits per heavy atom. The van der Waals surface area contributed by atoms with Crippen LogP contribution in [0.5, 0.6) is 5.75 Å². The molecule has 1 aliphatic rings. The molecule has 0 radical (unpaired) electrons. The van der Waals surface area contributed by atoms with Crippen molar-refractivity contribution in [1.82, 2.24) is 15.5 Å². The highest BCUT2D eigenvalue weighted by Gasteiger charge is 2.15. The molecule has 0 aliphatic carbocycles. The van der Waals surface area contributed by atoms with Crippen molar-refractivity contribution in [1.29, 1.82) is 0 Å². The average molecular weight is 276 g/mol. The number of nitrogens with one attached hydrogen (secondary N) is 2. The number of rotatable bonds is 7. The Bertz CT molecular complexity index is 430. The molecule has 1 aliphatic heterocycles. The van der Waals surface area contributed by atoms with Crippen LogP contribution < -0.4 is 21.1 Å². The molecule has 0 amide bonds. The SMILES string of the molecule is CNC/C=C1\NCCN1Cc1ccc(OCCN)cc1. The molecule has 20 heavy (non-hydrogen) atoms. The van der Waals surface area contributed by atoms with Gasteiger partial charge in [-0.15, -0.1) is 0 Å². The molecule has 1 heterocycles. The molecular weight excluding hydrogens is 252 g/mol. The van der Waals surface area contributed by atoms with Gasteiger partial charge in [0.1, 0.15) is 12.4 Å². The summed E-state index contributed by atoms with van der Waals surface area (Å²) in [6.45, 7) is 4.95. The smallest absolute Gasteiger partial charge is 0.119 e. The van der Waals surface area contributed by atoms with Crippen LogP contribution in [0.3, 0.4) is 0 Å². The van der Waals surface area contributed by atoms with Gasteiger partial charge < -0.3 is 26.0 Å². The minimum absolute atomic E-state index is 0.542. The first kappa shape index (κ1) is 14.7. The van der Waals surface area contributed by atoms with E-state index in [9.17, 15) is 0 Å². The highest BCUT2D eigenvalue weighted by molar-refractivity contribution is 5.27. The summed E-state index contributed by atoms with van der Waals surface area (Å²) in [6, 6.07) is 8.23. The molecule has 0 unspecified atom stereocenters. The molecule has 110 valence electrons. The van der Waals surface area contributed by atoms with Crippen molar-refractivity contribution < 1.29 is 4.74 Å². The van der Waals surface area contributed by atoms with Gasteiger partial charge in [0.2, 0.25) is 0 Å². The molecule has 1 saturated heterocycles. The number of hydrogen-bond acceptors (Lipinski definition) is 5. The number of nitrogens with two attached hydrogens (primary N) is 1. The molecule has 0 bridgehead atoms. The van der Waals surface area contributed by atoms with Crippen LogP contribution in [0.1, 0.15) is 5.56 Å². The van der Waals surface area contributed by atoms with Gasteiger partial charge in [-0.2, -0.15) is 0 Å². The van der Waals surface area contributed by atoms with Gasteiger partial charge in [0, 0.05) is 32.7 Å². The van der Waals surface area contributed by atoms with Gasteiger partial charge in [-0.1, -0.05) is 12.1 Å². The van der Waals surface area contributed by atoms with Crippen LogP contribution in [0.2, 0.25) is 0 Å². The predicted molar refractivity (Wildman–Crippen MR) is 81.4 cm³/mol. The maximum absolute atomic E-state index is 5.48. The van der Waals surface area contributed by atoms with Crippen LogP contribution >= 0.6 is 0 Å². The molecule has 0 spiro atoms. The van der Waals surface area contributed by atoms with Gasteiger partial charge in [0.05, 0.1) is 5.82 Å². The van der Waals surface area contributed by atoms with Crippen LogP contribution in [0.15, 0.2) is 36.2 Å².